The molecule has 1 atom stereocenters. The van der Waals surface area contributed by atoms with E-state index in [1.54, 1.807) is 30.2 Å². The van der Waals surface area contributed by atoms with Gasteiger partial charge in [-0.3, -0.25) is 14.5 Å². The van der Waals surface area contributed by atoms with Crippen molar-refractivity contribution in [1.82, 2.24) is 10.2 Å². The first-order valence-electron chi connectivity index (χ1n) is 10.6. The first-order chi connectivity index (χ1) is 16.9. The predicted octanol–water partition coefficient (Wildman–Crippen LogP) is 3.13. The van der Waals surface area contributed by atoms with E-state index in [9.17, 15) is 14.9 Å². The molecule has 0 fully saturated rings. The van der Waals surface area contributed by atoms with Gasteiger partial charge in [-0.25, -0.2) is 0 Å². The van der Waals surface area contributed by atoms with Gasteiger partial charge < -0.3 is 19.9 Å². The van der Waals surface area contributed by atoms with Crippen LogP contribution >= 0.6 is 23.1 Å². The number of allylic oxidation sites excluding steroid dienone is 3. The Kier molecular flexibility index (Phi) is 7.28. The van der Waals surface area contributed by atoms with Gasteiger partial charge in [-0.2, -0.15) is 5.26 Å². The maximum absolute atomic E-state index is 13.3. The Bertz CT molecular complexity index is 1280. The van der Waals surface area contributed by atoms with Crippen molar-refractivity contribution in [2.75, 3.05) is 32.0 Å². The normalized spacial score (nSPS) is 17.7. The molecule has 2 aliphatic rings. The molecular weight excluding hydrogens is 490 g/mol. The third-order valence-corrected chi connectivity index (χ3v) is 7.80. The van der Waals surface area contributed by atoms with Gasteiger partial charge in [0.1, 0.15) is 17.3 Å². The Labute approximate surface area is 210 Å². The molecule has 1 aliphatic heterocycles. The molecule has 2 aromatic rings. The van der Waals surface area contributed by atoms with Gasteiger partial charge in [-0.15, -0.1) is 10.2 Å². The largest absolute Gasteiger partial charge is 0.497 e. The molecule has 0 amide bonds. The number of rotatable bonds is 7. The van der Waals surface area contributed by atoms with Crippen LogP contribution in [0.3, 0.4) is 0 Å². The SMILES string of the molecule is COC(=O)CSc1nnc(N2C(N)=C(C#N)C(c3cc(OC)ccc3OC)C3=C2CCCC3=O)s1. The number of carbonyl (C=O) groups excluding carboxylic acids is 2. The summed E-state index contributed by atoms with van der Waals surface area (Å²) >= 11 is 2.41. The van der Waals surface area contributed by atoms with Crippen LogP contribution in [0.2, 0.25) is 0 Å². The topological polar surface area (TPSA) is 141 Å². The summed E-state index contributed by atoms with van der Waals surface area (Å²) in [6.07, 6.45) is 1.59. The molecule has 0 radical (unpaired) electrons. The Balaban J connectivity index is 1.85. The lowest BCUT2D eigenvalue weighted by atomic mass is 9.75. The molecular formula is C23H23N5O5S2. The number of thioether (sulfide) groups is 1. The Morgan fingerprint density at radius 1 is 1.29 bits per heavy atom. The average molecular weight is 514 g/mol. The molecule has 35 heavy (non-hydrogen) atoms. The summed E-state index contributed by atoms with van der Waals surface area (Å²) in [6, 6.07) is 7.48. The third-order valence-electron chi connectivity index (χ3n) is 5.79. The number of nitriles is 1. The van der Waals surface area contributed by atoms with E-state index in [-0.39, 0.29) is 28.9 Å². The number of hydrogen-bond acceptors (Lipinski definition) is 12. The third kappa shape index (κ3) is 4.56. The summed E-state index contributed by atoms with van der Waals surface area (Å²) in [6.45, 7) is 0. The standard InChI is InChI=1S/C23H23N5O5S2/c1-31-12-7-8-17(32-2)13(9-12)19-14(10-24)21(25)28(15-5-4-6-16(29)20(15)19)22-26-27-23(35-22)34-11-18(30)33-3/h7-9,19H,4-6,11,25H2,1-3H3. The van der Waals surface area contributed by atoms with Gasteiger partial charge >= 0.3 is 5.97 Å². The quantitative estimate of drug-likeness (QED) is 0.431. The molecule has 0 saturated carbocycles. The highest BCUT2D eigenvalue weighted by molar-refractivity contribution is 8.01. The second kappa shape index (κ2) is 10.4. The van der Waals surface area contributed by atoms with E-state index in [4.69, 9.17) is 15.2 Å². The second-order valence-electron chi connectivity index (χ2n) is 7.64. The maximum atomic E-state index is 13.3. The fourth-order valence-corrected chi connectivity index (χ4v) is 5.92. The zero-order valence-corrected chi connectivity index (χ0v) is 21.0. The first kappa shape index (κ1) is 24.6. The number of ketones is 1. The van der Waals surface area contributed by atoms with Crippen LogP contribution in [0.25, 0.3) is 0 Å². The molecule has 2 heterocycles. The summed E-state index contributed by atoms with van der Waals surface area (Å²) in [7, 11) is 4.40. The fourth-order valence-electron chi connectivity index (χ4n) is 4.21. The van der Waals surface area contributed by atoms with Crippen molar-refractivity contribution < 1.29 is 23.8 Å². The number of hydrogen-bond donors (Lipinski definition) is 1. The molecule has 1 aromatic carbocycles. The van der Waals surface area contributed by atoms with Crippen molar-refractivity contribution in [3.05, 3.63) is 46.4 Å². The monoisotopic (exact) mass is 513 g/mol. The molecule has 1 aromatic heterocycles. The number of nitrogens with two attached hydrogens (primary N) is 1. The Morgan fingerprint density at radius 3 is 2.77 bits per heavy atom. The highest BCUT2D eigenvalue weighted by Crippen LogP contribution is 2.49. The number of esters is 1. The van der Waals surface area contributed by atoms with Crippen LogP contribution in [-0.2, 0) is 14.3 Å². The van der Waals surface area contributed by atoms with Crippen molar-refractivity contribution in [3.63, 3.8) is 0 Å². The van der Waals surface area contributed by atoms with Crippen LogP contribution in [0.1, 0.15) is 30.7 Å². The van der Waals surface area contributed by atoms with Crippen molar-refractivity contribution in [2.45, 2.75) is 29.5 Å². The zero-order chi connectivity index (χ0) is 25.1. The van der Waals surface area contributed by atoms with E-state index in [0.717, 1.165) is 0 Å². The fraction of sp³-hybridized carbons (Fsp3) is 0.348. The van der Waals surface area contributed by atoms with E-state index in [0.29, 0.717) is 57.1 Å². The van der Waals surface area contributed by atoms with Gasteiger partial charge in [-0.05, 0) is 31.0 Å². The van der Waals surface area contributed by atoms with Gasteiger partial charge in [0.05, 0.1) is 44.6 Å². The number of Topliss-reactive ketones (excluding diaryl/α,β-unsaturated/α-hetero) is 1. The van der Waals surface area contributed by atoms with Crippen LogP contribution in [0, 0.1) is 11.3 Å². The number of benzene rings is 1. The highest BCUT2D eigenvalue weighted by atomic mass is 32.2. The van der Waals surface area contributed by atoms with Gasteiger partial charge in [0.2, 0.25) is 5.13 Å². The summed E-state index contributed by atoms with van der Waals surface area (Å²) in [5, 5.41) is 19.0. The van der Waals surface area contributed by atoms with E-state index in [1.165, 1.54) is 37.3 Å². The molecule has 0 saturated heterocycles. The van der Waals surface area contributed by atoms with E-state index in [1.807, 2.05) is 0 Å². The lowest BCUT2D eigenvalue weighted by Gasteiger charge is -2.38. The summed E-state index contributed by atoms with van der Waals surface area (Å²) < 4.78 is 16.2. The average Bonchev–Trinajstić information content (AvgIpc) is 3.34. The number of nitrogens with zero attached hydrogens (tertiary/aromatic N) is 4. The van der Waals surface area contributed by atoms with Crippen molar-refractivity contribution in [3.8, 4) is 17.6 Å². The summed E-state index contributed by atoms with van der Waals surface area (Å²) in [5.41, 5.74) is 8.60. The van der Waals surface area contributed by atoms with Crippen LogP contribution in [0.5, 0.6) is 11.5 Å². The van der Waals surface area contributed by atoms with E-state index < -0.39 is 5.92 Å². The lowest BCUT2D eigenvalue weighted by Crippen LogP contribution is -2.38. The predicted molar refractivity (Wildman–Crippen MR) is 130 cm³/mol. The minimum absolute atomic E-state index is 0.0591. The molecule has 2 N–H and O–H groups in total. The molecule has 0 bridgehead atoms. The number of aromatic nitrogens is 2. The molecule has 10 nitrogen and oxygen atoms in total. The molecule has 12 heteroatoms. The van der Waals surface area contributed by atoms with Crippen molar-refractivity contribution in [1.29, 1.82) is 5.26 Å². The molecule has 0 spiro atoms. The Hall–Kier alpha value is -3.56. The van der Waals surface area contributed by atoms with Crippen LogP contribution in [-0.4, -0.2) is 49.0 Å². The van der Waals surface area contributed by atoms with Crippen molar-refractivity contribution >= 4 is 40.0 Å². The van der Waals surface area contributed by atoms with Crippen LogP contribution in [0.15, 0.2) is 45.2 Å². The zero-order valence-electron chi connectivity index (χ0n) is 19.4. The molecule has 182 valence electrons. The van der Waals surface area contributed by atoms with Gasteiger partial charge in [0.25, 0.3) is 0 Å². The van der Waals surface area contributed by atoms with E-state index >= 15 is 0 Å². The number of carbonyl (C=O) groups is 2. The minimum atomic E-state index is -0.704. The van der Waals surface area contributed by atoms with Gasteiger partial charge in [0.15, 0.2) is 10.1 Å². The van der Waals surface area contributed by atoms with Gasteiger partial charge in [0, 0.05) is 23.3 Å². The minimum Gasteiger partial charge on any atom is -0.497 e. The maximum Gasteiger partial charge on any atom is 0.316 e. The lowest BCUT2D eigenvalue weighted by molar-refractivity contribution is -0.137. The molecule has 4 rings (SSSR count). The molecule has 1 aliphatic carbocycles. The summed E-state index contributed by atoms with van der Waals surface area (Å²) in [5.74, 6) is 0.212. The second-order valence-corrected chi connectivity index (χ2v) is 9.82. The summed E-state index contributed by atoms with van der Waals surface area (Å²) in [4.78, 5) is 26.5. The molecule has 1 unspecified atom stereocenters. The van der Waals surface area contributed by atoms with Gasteiger partial charge in [-0.1, -0.05) is 23.1 Å². The number of ether oxygens (including phenoxy) is 3. The van der Waals surface area contributed by atoms with Crippen molar-refractivity contribution in [2.24, 2.45) is 5.73 Å². The highest BCUT2D eigenvalue weighted by Gasteiger charge is 2.42. The smallest absolute Gasteiger partial charge is 0.316 e. The van der Waals surface area contributed by atoms with Crippen LogP contribution < -0.4 is 20.1 Å². The first-order valence-corrected chi connectivity index (χ1v) is 12.4. The van der Waals surface area contributed by atoms with Crippen LogP contribution in [0.4, 0.5) is 5.13 Å². The Morgan fingerprint density at radius 2 is 2.09 bits per heavy atom. The number of anilines is 1. The van der Waals surface area contributed by atoms with E-state index in [2.05, 4.69) is 21.0 Å². The number of methoxy groups -OCH3 is 3.